The maximum absolute atomic E-state index is 11.9. The van der Waals surface area contributed by atoms with Crippen molar-refractivity contribution < 1.29 is 4.79 Å². The maximum Gasteiger partial charge on any atom is 0.229 e. The molecule has 16 heavy (non-hydrogen) atoms. The number of thiazole rings is 1. The Kier molecular flexibility index (Phi) is 3.94. The largest absolute Gasteiger partial charge is 0.314 e. The smallest absolute Gasteiger partial charge is 0.229 e. The van der Waals surface area contributed by atoms with Crippen LogP contribution in [-0.2, 0) is 4.79 Å². The Balaban J connectivity index is 1.92. The molecule has 2 unspecified atom stereocenters. The zero-order chi connectivity index (χ0) is 11.5. The number of carbonyl (C=O) groups is 1. The third-order valence-electron chi connectivity index (χ3n) is 2.70. The van der Waals surface area contributed by atoms with Gasteiger partial charge in [0, 0.05) is 12.0 Å². The third kappa shape index (κ3) is 3.02. The lowest BCUT2D eigenvalue weighted by Gasteiger charge is -2.26. The molecule has 0 radical (unpaired) electrons. The normalized spacial score (nSPS) is 25.4. The molecule has 1 fully saturated rings. The first kappa shape index (κ1) is 12.0. The summed E-state index contributed by atoms with van der Waals surface area (Å²) in [7, 11) is 0. The minimum Gasteiger partial charge on any atom is -0.314 e. The van der Waals surface area contributed by atoms with Gasteiger partial charge in [-0.25, -0.2) is 4.98 Å². The van der Waals surface area contributed by atoms with E-state index in [9.17, 15) is 4.79 Å². The first-order valence-corrected chi connectivity index (χ1v) is 6.91. The number of anilines is 1. The van der Waals surface area contributed by atoms with Crippen LogP contribution >= 0.6 is 27.3 Å². The molecule has 6 heteroatoms. The van der Waals surface area contributed by atoms with E-state index in [1.807, 2.05) is 0 Å². The summed E-state index contributed by atoms with van der Waals surface area (Å²) < 4.78 is 0.932. The van der Waals surface area contributed by atoms with Gasteiger partial charge in [0.05, 0.1) is 9.98 Å². The van der Waals surface area contributed by atoms with Gasteiger partial charge in [0.2, 0.25) is 5.91 Å². The van der Waals surface area contributed by atoms with Crippen molar-refractivity contribution in [2.75, 3.05) is 11.9 Å². The Morgan fingerprint density at radius 1 is 1.75 bits per heavy atom. The summed E-state index contributed by atoms with van der Waals surface area (Å²) in [5.74, 6) is 0.203. The van der Waals surface area contributed by atoms with Crippen LogP contribution in [0, 0.1) is 5.92 Å². The van der Waals surface area contributed by atoms with Crippen molar-refractivity contribution in [3.63, 3.8) is 0 Å². The fourth-order valence-electron chi connectivity index (χ4n) is 1.89. The predicted molar refractivity (Wildman–Crippen MR) is 68.6 cm³/mol. The van der Waals surface area contributed by atoms with E-state index < -0.39 is 0 Å². The summed E-state index contributed by atoms with van der Waals surface area (Å²) in [5, 5.41) is 6.87. The molecule has 2 N–H and O–H groups in total. The van der Waals surface area contributed by atoms with E-state index in [2.05, 4.69) is 38.5 Å². The molecule has 0 bridgehead atoms. The standard InChI is InChI=1S/C10H14BrN3OS/c1-6-4-7(2-3-12-6)9(15)14-10-13-5-8(11)16-10/h5-7,12H,2-4H2,1H3,(H,13,14,15). The Labute approximate surface area is 107 Å². The molecule has 1 aromatic rings. The molecule has 1 aliphatic rings. The molecule has 2 heterocycles. The molecule has 4 nitrogen and oxygen atoms in total. The summed E-state index contributed by atoms with van der Waals surface area (Å²) in [6.07, 6.45) is 3.51. The van der Waals surface area contributed by atoms with Gasteiger partial charge < -0.3 is 10.6 Å². The zero-order valence-corrected chi connectivity index (χ0v) is 11.4. The van der Waals surface area contributed by atoms with Crippen molar-refractivity contribution >= 4 is 38.3 Å². The van der Waals surface area contributed by atoms with E-state index in [4.69, 9.17) is 0 Å². The van der Waals surface area contributed by atoms with E-state index >= 15 is 0 Å². The quantitative estimate of drug-likeness (QED) is 0.881. The molecule has 1 saturated heterocycles. The number of hydrogen-bond donors (Lipinski definition) is 2. The molecule has 88 valence electrons. The summed E-state index contributed by atoms with van der Waals surface area (Å²) in [6.45, 7) is 3.03. The molecule has 1 amide bonds. The number of amides is 1. The van der Waals surface area contributed by atoms with Crippen molar-refractivity contribution in [2.45, 2.75) is 25.8 Å². The van der Waals surface area contributed by atoms with Crippen molar-refractivity contribution in [1.29, 1.82) is 0 Å². The van der Waals surface area contributed by atoms with Crippen LogP contribution < -0.4 is 10.6 Å². The lowest BCUT2D eigenvalue weighted by molar-refractivity contribution is -0.120. The number of carbonyl (C=O) groups excluding carboxylic acids is 1. The Morgan fingerprint density at radius 3 is 3.19 bits per heavy atom. The average Bonchev–Trinajstić information content (AvgIpc) is 2.64. The summed E-state index contributed by atoms with van der Waals surface area (Å²) in [4.78, 5) is 16.0. The van der Waals surface area contributed by atoms with Crippen LogP contribution in [0.15, 0.2) is 9.98 Å². The highest BCUT2D eigenvalue weighted by atomic mass is 79.9. The molecular formula is C10H14BrN3OS. The van der Waals surface area contributed by atoms with Gasteiger partial charge in [0.25, 0.3) is 0 Å². The molecular weight excluding hydrogens is 290 g/mol. The number of aromatic nitrogens is 1. The van der Waals surface area contributed by atoms with Gasteiger partial charge in [-0.3, -0.25) is 4.79 Å². The molecule has 1 aromatic heterocycles. The van der Waals surface area contributed by atoms with Crippen LogP contribution in [0.3, 0.4) is 0 Å². The second-order valence-electron chi connectivity index (χ2n) is 4.04. The van der Waals surface area contributed by atoms with Crippen LogP contribution in [0.4, 0.5) is 5.13 Å². The van der Waals surface area contributed by atoms with Gasteiger partial charge in [-0.15, -0.1) is 0 Å². The summed E-state index contributed by atoms with van der Waals surface area (Å²) in [5.41, 5.74) is 0. The van der Waals surface area contributed by atoms with E-state index in [1.54, 1.807) is 6.20 Å². The van der Waals surface area contributed by atoms with Gasteiger partial charge in [0.1, 0.15) is 0 Å². The predicted octanol–water partition coefficient (Wildman–Crippen LogP) is 2.23. The Morgan fingerprint density at radius 2 is 2.56 bits per heavy atom. The number of nitrogens with zero attached hydrogens (tertiary/aromatic N) is 1. The molecule has 0 saturated carbocycles. The van der Waals surface area contributed by atoms with Crippen LogP contribution in [0.2, 0.25) is 0 Å². The van der Waals surface area contributed by atoms with Gasteiger partial charge in [-0.05, 0) is 42.2 Å². The Hall–Kier alpha value is -0.460. The van der Waals surface area contributed by atoms with Gasteiger partial charge in [0.15, 0.2) is 5.13 Å². The second-order valence-corrected chi connectivity index (χ2v) is 6.45. The van der Waals surface area contributed by atoms with E-state index in [0.29, 0.717) is 11.2 Å². The number of piperidine rings is 1. The van der Waals surface area contributed by atoms with Crippen LogP contribution in [0.5, 0.6) is 0 Å². The van der Waals surface area contributed by atoms with Gasteiger partial charge in [-0.2, -0.15) is 0 Å². The highest BCUT2D eigenvalue weighted by molar-refractivity contribution is 9.11. The van der Waals surface area contributed by atoms with Crippen LogP contribution in [0.25, 0.3) is 0 Å². The van der Waals surface area contributed by atoms with Gasteiger partial charge in [-0.1, -0.05) is 11.3 Å². The van der Waals surface area contributed by atoms with Crippen molar-refractivity contribution in [3.8, 4) is 0 Å². The maximum atomic E-state index is 11.9. The van der Waals surface area contributed by atoms with Crippen molar-refractivity contribution in [1.82, 2.24) is 10.3 Å². The molecule has 0 aliphatic carbocycles. The number of halogens is 1. The van der Waals surface area contributed by atoms with Crippen LogP contribution in [0.1, 0.15) is 19.8 Å². The van der Waals surface area contributed by atoms with Crippen LogP contribution in [-0.4, -0.2) is 23.5 Å². The fraction of sp³-hybridized carbons (Fsp3) is 0.600. The number of rotatable bonds is 2. The fourth-order valence-corrected chi connectivity index (χ4v) is 3.00. The van der Waals surface area contributed by atoms with Crippen molar-refractivity contribution in [3.05, 3.63) is 9.98 Å². The first-order chi connectivity index (χ1) is 7.65. The average molecular weight is 304 g/mol. The molecule has 0 spiro atoms. The highest BCUT2D eigenvalue weighted by Crippen LogP contribution is 2.25. The molecule has 2 rings (SSSR count). The number of nitrogens with one attached hydrogen (secondary N) is 2. The SMILES string of the molecule is CC1CC(C(=O)Nc2ncc(Br)s2)CCN1. The first-order valence-electron chi connectivity index (χ1n) is 5.30. The second kappa shape index (κ2) is 5.25. The highest BCUT2D eigenvalue weighted by Gasteiger charge is 2.25. The molecule has 0 aromatic carbocycles. The van der Waals surface area contributed by atoms with Crippen molar-refractivity contribution in [2.24, 2.45) is 5.92 Å². The topological polar surface area (TPSA) is 54.0 Å². The summed E-state index contributed by atoms with van der Waals surface area (Å²) >= 11 is 4.76. The zero-order valence-electron chi connectivity index (χ0n) is 9.00. The monoisotopic (exact) mass is 303 g/mol. The van der Waals surface area contributed by atoms with E-state index in [0.717, 1.165) is 23.2 Å². The third-order valence-corrected chi connectivity index (χ3v) is 4.09. The number of hydrogen-bond acceptors (Lipinski definition) is 4. The van der Waals surface area contributed by atoms with Gasteiger partial charge >= 0.3 is 0 Å². The minimum absolute atomic E-state index is 0.0928. The molecule has 2 atom stereocenters. The minimum atomic E-state index is 0.0928. The van der Waals surface area contributed by atoms with E-state index in [1.165, 1.54) is 11.3 Å². The van der Waals surface area contributed by atoms with E-state index in [-0.39, 0.29) is 11.8 Å². The summed E-state index contributed by atoms with van der Waals surface area (Å²) in [6, 6.07) is 0.424. The Bertz CT molecular complexity index is 382. The lowest BCUT2D eigenvalue weighted by Crippen LogP contribution is -2.40. The lowest BCUT2D eigenvalue weighted by atomic mass is 9.93. The molecule has 1 aliphatic heterocycles.